The summed E-state index contributed by atoms with van der Waals surface area (Å²) in [4.78, 5) is 22.6. The van der Waals surface area contributed by atoms with Crippen LogP contribution in [0.5, 0.6) is 0 Å². The zero-order chi connectivity index (χ0) is 13.0. The van der Waals surface area contributed by atoms with Gasteiger partial charge < -0.3 is 9.47 Å². The zero-order valence-electron chi connectivity index (χ0n) is 9.46. The molecule has 0 N–H and O–H groups in total. The first-order chi connectivity index (χ1) is 7.95. The Morgan fingerprint density at radius 3 is 2.59 bits per heavy atom. The van der Waals surface area contributed by atoms with Gasteiger partial charge in [0, 0.05) is 6.92 Å². The van der Waals surface area contributed by atoms with Crippen molar-refractivity contribution in [1.29, 1.82) is 0 Å². The average Bonchev–Trinajstić information content (AvgIpc) is 2.59. The molecule has 0 aromatic heterocycles. The molecule has 0 aromatic carbocycles. The molecule has 1 heterocycles. The van der Waals surface area contributed by atoms with Crippen molar-refractivity contribution in [2.24, 2.45) is 0 Å². The van der Waals surface area contributed by atoms with E-state index in [1.807, 2.05) is 6.92 Å². The maximum Gasteiger partial charge on any atom is 0.343 e. The van der Waals surface area contributed by atoms with Crippen LogP contribution in [0.4, 0.5) is 0 Å². The molecule has 0 spiro atoms. The molecule has 1 aliphatic rings. The smallest absolute Gasteiger partial charge is 0.343 e. The first kappa shape index (κ1) is 14.4. The van der Waals surface area contributed by atoms with Crippen molar-refractivity contribution < 1.29 is 19.1 Å². The Balaban J connectivity index is 2.94. The Morgan fingerprint density at radius 1 is 1.53 bits per heavy atom. The fourth-order valence-corrected chi connectivity index (χ4v) is 1.84. The molecule has 0 fully saturated rings. The highest BCUT2D eigenvalue weighted by Gasteiger charge is 2.31. The standard InChI is InChI=1S/C11H12Br2O4/c1-3-4-8(16-6(2)14)7-5-9(10(12)13)17-11(7)15/h5,8H,3-4H2,1-2H3. The maximum absolute atomic E-state index is 11.6. The number of carbonyl (C=O) groups is 2. The molecule has 1 unspecified atom stereocenters. The van der Waals surface area contributed by atoms with Crippen LogP contribution in [0, 0.1) is 0 Å². The molecule has 0 aliphatic carbocycles. The van der Waals surface area contributed by atoms with E-state index >= 15 is 0 Å². The Kier molecular flexibility index (Phi) is 5.39. The SMILES string of the molecule is CCCC(OC(C)=O)C1=CC(=C(Br)Br)OC1=O. The molecule has 0 radical (unpaired) electrons. The lowest BCUT2D eigenvalue weighted by atomic mass is 10.1. The number of hydrogen-bond donors (Lipinski definition) is 0. The minimum Gasteiger partial charge on any atom is -0.457 e. The zero-order valence-corrected chi connectivity index (χ0v) is 12.6. The Hall–Kier alpha value is -0.620. The van der Waals surface area contributed by atoms with E-state index in [9.17, 15) is 9.59 Å². The number of halogens is 2. The highest BCUT2D eigenvalue weighted by molar-refractivity contribution is 9.28. The molecule has 4 nitrogen and oxygen atoms in total. The number of allylic oxidation sites excluding steroid dienone is 1. The van der Waals surface area contributed by atoms with Gasteiger partial charge in [0.15, 0.2) is 5.76 Å². The topological polar surface area (TPSA) is 52.6 Å². The van der Waals surface area contributed by atoms with Crippen molar-refractivity contribution in [3.8, 4) is 0 Å². The Bertz CT molecular complexity index is 394. The lowest BCUT2D eigenvalue weighted by Gasteiger charge is -2.15. The van der Waals surface area contributed by atoms with Crippen LogP contribution < -0.4 is 0 Å². The summed E-state index contributed by atoms with van der Waals surface area (Å²) in [6.07, 6.45) is 2.43. The van der Waals surface area contributed by atoms with Crippen molar-refractivity contribution in [2.75, 3.05) is 0 Å². The largest absolute Gasteiger partial charge is 0.457 e. The van der Waals surface area contributed by atoms with E-state index in [2.05, 4.69) is 31.9 Å². The number of rotatable bonds is 4. The maximum atomic E-state index is 11.6. The van der Waals surface area contributed by atoms with E-state index in [1.165, 1.54) is 6.92 Å². The third kappa shape index (κ3) is 3.96. The van der Waals surface area contributed by atoms with E-state index in [0.29, 0.717) is 21.1 Å². The van der Waals surface area contributed by atoms with Crippen LogP contribution in [0.2, 0.25) is 0 Å². The summed E-state index contributed by atoms with van der Waals surface area (Å²) in [5, 5.41) is 0. The van der Waals surface area contributed by atoms with Gasteiger partial charge in [-0.3, -0.25) is 4.79 Å². The lowest BCUT2D eigenvalue weighted by Crippen LogP contribution is -2.22. The molecule has 17 heavy (non-hydrogen) atoms. The van der Waals surface area contributed by atoms with Crippen molar-refractivity contribution in [3.63, 3.8) is 0 Å². The number of cyclic esters (lactones) is 1. The van der Waals surface area contributed by atoms with E-state index in [1.54, 1.807) is 6.08 Å². The van der Waals surface area contributed by atoms with Gasteiger partial charge >= 0.3 is 11.9 Å². The van der Waals surface area contributed by atoms with E-state index in [-0.39, 0.29) is 0 Å². The molecule has 0 amide bonds. The van der Waals surface area contributed by atoms with Gasteiger partial charge in [-0.25, -0.2) is 4.79 Å². The van der Waals surface area contributed by atoms with Crippen LogP contribution in [-0.2, 0) is 19.1 Å². The predicted octanol–water partition coefficient (Wildman–Crippen LogP) is 3.16. The summed E-state index contributed by atoms with van der Waals surface area (Å²) < 4.78 is 10.7. The third-order valence-electron chi connectivity index (χ3n) is 2.12. The fourth-order valence-electron chi connectivity index (χ4n) is 1.45. The van der Waals surface area contributed by atoms with E-state index in [0.717, 1.165) is 6.42 Å². The van der Waals surface area contributed by atoms with Crippen LogP contribution >= 0.6 is 31.9 Å². The Labute approximate surface area is 116 Å². The van der Waals surface area contributed by atoms with Gasteiger partial charge in [-0.15, -0.1) is 0 Å². The molecule has 0 saturated heterocycles. The summed E-state index contributed by atoms with van der Waals surface area (Å²) in [5.74, 6) is -0.498. The minimum absolute atomic E-state index is 0.369. The van der Waals surface area contributed by atoms with E-state index in [4.69, 9.17) is 9.47 Å². The fraction of sp³-hybridized carbons (Fsp3) is 0.455. The number of esters is 2. The van der Waals surface area contributed by atoms with Gasteiger partial charge in [0.25, 0.3) is 0 Å². The molecule has 1 aliphatic heterocycles. The van der Waals surface area contributed by atoms with Crippen molar-refractivity contribution in [2.45, 2.75) is 32.8 Å². The minimum atomic E-state index is -0.540. The highest BCUT2D eigenvalue weighted by atomic mass is 79.9. The summed E-state index contributed by atoms with van der Waals surface area (Å²) in [5.41, 5.74) is 0.369. The van der Waals surface area contributed by atoms with Gasteiger partial charge in [0.1, 0.15) is 9.50 Å². The quantitative estimate of drug-likeness (QED) is 0.716. The van der Waals surface area contributed by atoms with Gasteiger partial charge in [-0.05, 0) is 44.4 Å². The van der Waals surface area contributed by atoms with Gasteiger partial charge in [-0.1, -0.05) is 13.3 Å². The molecule has 6 heteroatoms. The molecule has 1 atom stereocenters. The molecular formula is C11H12Br2O4. The first-order valence-electron chi connectivity index (χ1n) is 5.12. The second-order valence-electron chi connectivity index (χ2n) is 3.50. The molecular weight excluding hydrogens is 356 g/mol. The number of carbonyl (C=O) groups excluding carboxylic acids is 2. The highest BCUT2D eigenvalue weighted by Crippen LogP contribution is 2.30. The van der Waals surface area contributed by atoms with E-state index < -0.39 is 18.0 Å². The van der Waals surface area contributed by atoms with Crippen LogP contribution in [0.1, 0.15) is 26.7 Å². The third-order valence-corrected chi connectivity index (χ3v) is 2.90. The molecule has 0 aromatic rings. The second-order valence-corrected chi connectivity index (χ2v) is 6.15. The normalized spacial score (nSPS) is 16.4. The summed E-state index contributed by atoms with van der Waals surface area (Å²) in [6, 6.07) is 0. The predicted molar refractivity (Wildman–Crippen MR) is 69.5 cm³/mol. The van der Waals surface area contributed by atoms with Crippen LogP contribution in [-0.4, -0.2) is 18.0 Å². The van der Waals surface area contributed by atoms with Gasteiger partial charge in [-0.2, -0.15) is 0 Å². The summed E-state index contributed by atoms with van der Waals surface area (Å²) in [7, 11) is 0. The number of ether oxygens (including phenoxy) is 2. The van der Waals surface area contributed by atoms with Crippen LogP contribution in [0.3, 0.4) is 0 Å². The van der Waals surface area contributed by atoms with Gasteiger partial charge in [0.2, 0.25) is 0 Å². The Morgan fingerprint density at radius 2 is 2.18 bits per heavy atom. The summed E-state index contributed by atoms with van der Waals surface area (Å²) in [6.45, 7) is 3.27. The van der Waals surface area contributed by atoms with Crippen LogP contribution in [0.25, 0.3) is 0 Å². The number of hydrogen-bond acceptors (Lipinski definition) is 4. The molecule has 0 bridgehead atoms. The van der Waals surface area contributed by atoms with Crippen LogP contribution in [0.15, 0.2) is 20.8 Å². The van der Waals surface area contributed by atoms with Gasteiger partial charge in [0.05, 0.1) is 5.57 Å². The van der Waals surface area contributed by atoms with Crippen molar-refractivity contribution >= 4 is 43.8 Å². The average molecular weight is 368 g/mol. The molecule has 0 saturated carbocycles. The molecule has 94 valence electrons. The molecule has 1 rings (SSSR count). The van der Waals surface area contributed by atoms with Crippen molar-refractivity contribution in [1.82, 2.24) is 0 Å². The monoisotopic (exact) mass is 366 g/mol. The van der Waals surface area contributed by atoms with Crippen molar-refractivity contribution in [3.05, 3.63) is 20.8 Å². The first-order valence-corrected chi connectivity index (χ1v) is 6.70. The summed E-state index contributed by atoms with van der Waals surface area (Å²) >= 11 is 6.32. The second kappa shape index (κ2) is 6.35. The lowest BCUT2D eigenvalue weighted by molar-refractivity contribution is -0.146.